The average molecular weight is 374 g/mol. The normalized spacial score (nSPS) is 20.9. The maximum absolute atomic E-state index is 12.0. The first kappa shape index (κ1) is 18.7. The molecule has 0 aromatic carbocycles. The first-order chi connectivity index (χ1) is 12.0. The van der Waals surface area contributed by atoms with Gasteiger partial charge in [-0.25, -0.2) is 0 Å². The Kier molecular flexibility index (Phi) is 6.05. The van der Waals surface area contributed by atoms with Crippen LogP contribution >= 0.6 is 0 Å². The van der Waals surface area contributed by atoms with Crippen LogP contribution in [0.3, 0.4) is 0 Å². The molecular weight excluding hydrogens is 348 g/mol. The van der Waals surface area contributed by atoms with Crippen LogP contribution in [0.2, 0.25) is 0 Å². The highest BCUT2D eigenvalue weighted by molar-refractivity contribution is 7.86. The van der Waals surface area contributed by atoms with Crippen LogP contribution < -0.4 is 0 Å². The zero-order valence-corrected chi connectivity index (χ0v) is 15.6. The minimum atomic E-state index is -3.35. The lowest BCUT2D eigenvalue weighted by Crippen LogP contribution is -2.52. The third-order valence-corrected chi connectivity index (χ3v) is 6.51. The van der Waals surface area contributed by atoms with Crippen molar-refractivity contribution in [1.29, 1.82) is 0 Å². The molecule has 0 atom stereocenters. The third-order valence-electron chi connectivity index (χ3n) is 4.63. The number of rotatable bonds is 8. The molecule has 142 valence electrons. The fourth-order valence-corrected chi connectivity index (χ4v) is 4.07. The molecule has 2 saturated heterocycles. The van der Waals surface area contributed by atoms with Crippen molar-refractivity contribution >= 4 is 10.2 Å². The highest BCUT2D eigenvalue weighted by Gasteiger charge is 2.40. The Balaban J connectivity index is 1.38. The van der Waals surface area contributed by atoms with Crippen LogP contribution in [0.25, 0.3) is 0 Å². The summed E-state index contributed by atoms with van der Waals surface area (Å²) in [6, 6.07) is 0. The van der Waals surface area contributed by atoms with Gasteiger partial charge >= 0.3 is 0 Å². The van der Waals surface area contributed by atoms with E-state index in [0.29, 0.717) is 43.8 Å². The zero-order valence-electron chi connectivity index (χ0n) is 14.8. The Labute approximate surface area is 148 Å². The van der Waals surface area contributed by atoms with Crippen LogP contribution in [0.1, 0.15) is 30.5 Å². The monoisotopic (exact) mass is 374 g/mol. The Bertz CT molecular complexity index is 651. The summed E-state index contributed by atoms with van der Waals surface area (Å²) in [5.74, 6) is 1.66. The molecule has 0 saturated carbocycles. The summed E-state index contributed by atoms with van der Waals surface area (Å²) in [7, 11) is -0.311. The number of hydrogen-bond donors (Lipinski definition) is 0. The van der Waals surface area contributed by atoms with E-state index in [4.69, 9.17) is 14.0 Å². The quantitative estimate of drug-likeness (QED) is 0.602. The second-order valence-corrected chi connectivity index (χ2v) is 8.88. The first-order valence-corrected chi connectivity index (χ1v) is 10.0. The summed E-state index contributed by atoms with van der Waals surface area (Å²) in [4.78, 5) is 4.37. The van der Waals surface area contributed by atoms with Crippen molar-refractivity contribution < 1.29 is 22.4 Å². The van der Waals surface area contributed by atoms with Gasteiger partial charge in [-0.1, -0.05) is 5.16 Å². The van der Waals surface area contributed by atoms with Crippen molar-refractivity contribution in [3.8, 4) is 0 Å². The maximum atomic E-state index is 12.0. The van der Waals surface area contributed by atoms with Gasteiger partial charge in [0.15, 0.2) is 5.82 Å². The highest BCUT2D eigenvalue weighted by atomic mass is 32.2. The van der Waals surface area contributed by atoms with Crippen molar-refractivity contribution in [2.45, 2.75) is 25.2 Å². The van der Waals surface area contributed by atoms with Crippen LogP contribution in [-0.4, -0.2) is 80.8 Å². The molecule has 2 aliphatic heterocycles. The van der Waals surface area contributed by atoms with E-state index in [2.05, 4.69) is 10.1 Å². The number of aromatic nitrogens is 2. The molecule has 25 heavy (non-hydrogen) atoms. The van der Waals surface area contributed by atoms with Gasteiger partial charge in [-0.2, -0.15) is 22.0 Å². The van der Waals surface area contributed by atoms with Gasteiger partial charge in [0.05, 0.1) is 12.5 Å². The molecule has 3 heterocycles. The van der Waals surface area contributed by atoms with Gasteiger partial charge in [-0.15, -0.1) is 0 Å². The van der Waals surface area contributed by atoms with Crippen LogP contribution in [-0.2, 0) is 26.1 Å². The molecule has 0 spiro atoms. The Morgan fingerprint density at radius 2 is 2.00 bits per heavy atom. The van der Waals surface area contributed by atoms with Gasteiger partial charge in [0.2, 0.25) is 5.89 Å². The molecule has 1 aromatic heterocycles. The Morgan fingerprint density at radius 1 is 1.28 bits per heavy atom. The smallest absolute Gasteiger partial charge is 0.281 e. The molecule has 1 aromatic rings. The summed E-state index contributed by atoms with van der Waals surface area (Å²) in [5, 5.41) is 3.96. The summed E-state index contributed by atoms with van der Waals surface area (Å²) in [6.07, 6.45) is 2.71. The summed E-state index contributed by atoms with van der Waals surface area (Å²) in [5.41, 5.74) is 0. The van der Waals surface area contributed by atoms with Gasteiger partial charge in [-0.3, -0.25) is 0 Å². The highest BCUT2D eigenvalue weighted by Crippen LogP contribution is 2.28. The van der Waals surface area contributed by atoms with Crippen LogP contribution in [0.5, 0.6) is 0 Å². The van der Waals surface area contributed by atoms with Gasteiger partial charge < -0.3 is 14.0 Å². The van der Waals surface area contributed by atoms with E-state index in [9.17, 15) is 8.42 Å². The molecule has 0 bridgehead atoms. The van der Waals surface area contributed by atoms with E-state index in [1.807, 2.05) is 0 Å². The molecule has 0 aliphatic carbocycles. The molecule has 0 radical (unpaired) electrons. The minimum Gasteiger partial charge on any atom is -0.381 e. The molecule has 0 N–H and O–H groups in total. The topological polar surface area (TPSA) is 98.0 Å². The number of ether oxygens (including phenoxy) is 2. The van der Waals surface area contributed by atoms with E-state index in [1.165, 1.54) is 22.7 Å². The van der Waals surface area contributed by atoms with Crippen molar-refractivity contribution in [3.63, 3.8) is 0 Å². The summed E-state index contributed by atoms with van der Waals surface area (Å²) >= 11 is 0. The van der Waals surface area contributed by atoms with Crippen molar-refractivity contribution in [1.82, 2.24) is 18.8 Å². The standard InChI is InChI=1S/C15H26N4O5S/c1-18(2)25(20,21)19-9-13(10-19)15-16-14(17-24-15)5-8-23-11-12-3-6-22-7-4-12/h12-13H,3-11H2,1-2H3. The second kappa shape index (κ2) is 8.09. The van der Waals surface area contributed by atoms with Crippen LogP contribution in [0.15, 0.2) is 4.52 Å². The lowest BCUT2D eigenvalue weighted by atomic mass is 10.0. The first-order valence-electron chi connectivity index (χ1n) is 8.62. The van der Waals surface area contributed by atoms with Gasteiger partial charge in [0.25, 0.3) is 10.2 Å². The zero-order chi connectivity index (χ0) is 17.9. The number of nitrogens with zero attached hydrogens (tertiary/aromatic N) is 4. The van der Waals surface area contributed by atoms with Crippen molar-refractivity contribution in [2.24, 2.45) is 5.92 Å². The molecule has 2 fully saturated rings. The molecule has 3 rings (SSSR count). The molecule has 0 amide bonds. The fraction of sp³-hybridized carbons (Fsp3) is 0.867. The van der Waals surface area contributed by atoms with E-state index in [0.717, 1.165) is 32.7 Å². The summed E-state index contributed by atoms with van der Waals surface area (Å²) < 4.78 is 42.8. The number of hydrogen-bond acceptors (Lipinski definition) is 7. The largest absolute Gasteiger partial charge is 0.381 e. The second-order valence-electron chi connectivity index (χ2n) is 6.73. The predicted octanol–water partition coefficient (Wildman–Crippen LogP) is 0.261. The molecule has 0 unspecified atom stereocenters. The van der Waals surface area contributed by atoms with Crippen LogP contribution in [0, 0.1) is 5.92 Å². The fourth-order valence-electron chi connectivity index (χ4n) is 2.88. The SMILES string of the molecule is CN(C)S(=O)(=O)N1CC(c2nc(CCOCC3CCOCC3)no2)C1. The predicted molar refractivity (Wildman–Crippen MR) is 89.3 cm³/mol. The molecular formula is C15H26N4O5S. The lowest BCUT2D eigenvalue weighted by Gasteiger charge is -2.37. The Morgan fingerprint density at radius 3 is 2.68 bits per heavy atom. The van der Waals surface area contributed by atoms with E-state index in [-0.39, 0.29) is 5.92 Å². The van der Waals surface area contributed by atoms with E-state index in [1.54, 1.807) is 0 Å². The van der Waals surface area contributed by atoms with Gasteiger partial charge in [0, 0.05) is 53.4 Å². The van der Waals surface area contributed by atoms with Gasteiger partial charge in [-0.05, 0) is 18.8 Å². The van der Waals surface area contributed by atoms with Crippen molar-refractivity contribution in [2.75, 3.05) is 53.6 Å². The van der Waals surface area contributed by atoms with Crippen LogP contribution in [0.4, 0.5) is 0 Å². The third kappa shape index (κ3) is 4.56. The average Bonchev–Trinajstić information content (AvgIpc) is 2.99. The minimum absolute atomic E-state index is 0.0286. The lowest BCUT2D eigenvalue weighted by molar-refractivity contribution is 0.0211. The summed E-state index contributed by atoms with van der Waals surface area (Å²) in [6.45, 7) is 3.70. The molecule has 9 nitrogen and oxygen atoms in total. The molecule has 10 heteroatoms. The maximum Gasteiger partial charge on any atom is 0.281 e. The van der Waals surface area contributed by atoms with E-state index >= 15 is 0 Å². The van der Waals surface area contributed by atoms with E-state index < -0.39 is 10.2 Å². The molecule has 2 aliphatic rings. The van der Waals surface area contributed by atoms with Gasteiger partial charge in [0.1, 0.15) is 0 Å². The van der Waals surface area contributed by atoms with Crippen molar-refractivity contribution in [3.05, 3.63) is 11.7 Å². The Hall–Kier alpha value is -1.07.